The van der Waals surface area contributed by atoms with E-state index in [2.05, 4.69) is 26.2 Å². The van der Waals surface area contributed by atoms with Crippen LogP contribution in [0.3, 0.4) is 0 Å². The molecule has 2 aromatic rings. The summed E-state index contributed by atoms with van der Waals surface area (Å²) in [6.07, 6.45) is -3.26. The van der Waals surface area contributed by atoms with Gasteiger partial charge in [-0.2, -0.15) is 18.3 Å². The minimum absolute atomic E-state index is 0.0727. The Morgan fingerprint density at radius 2 is 1.94 bits per heavy atom. The fourth-order valence-electron chi connectivity index (χ4n) is 2.71. The fourth-order valence-corrected chi connectivity index (χ4v) is 2.71. The van der Waals surface area contributed by atoms with Crippen LogP contribution in [-0.4, -0.2) is 37.1 Å². The number of ether oxygens (including phenoxy) is 1. The molecular formula is C20H18F3N5O3. The van der Waals surface area contributed by atoms with E-state index in [1.807, 2.05) is 12.1 Å². The zero-order chi connectivity index (χ0) is 22.4. The van der Waals surface area contributed by atoms with Gasteiger partial charge in [0.25, 0.3) is 5.91 Å². The summed E-state index contributed by atoms with van der Waals surface area (Å²) in [4.78, 5) is 28.2. The molecule has 3 rings (SSSR count). The van der Waals surface area contributed by atoms with Gasteiger partial charge in [0.15, 0.2) is 0 Å². The third-order valence-electron chi connectivity index (χ3n) is 4.22. The number of guanidine groups is 1. The SMILES string of the molecule is COc1ccccc1/C=N/NC1=NC(CC(=O)Nc2ccc(C(F)(F)F)cc2)C(=O)N1. The molecule has 2 amide bonds. The summed E-state index contributed by atoms with van der Waals surface area (Å²) in [5.74, 6) is -0.383. The number of para-hydroxylation sites is 1. The number of alkyl halides is 3. The van der Waals surface area contributed by atoms with Crippen LogP contribution >= 0.6 is 0 Å². The fraction of sp³-hybridized carbons (Fsp3) is 0.200. The van der Waals surface area contributed by atoms with Crippen molar-refractivity contribution in [1.82, 2.24) is 10.7 Å². The average Bonchev–Trinajstić information content (AvgIpc) is 3.07. The van der Waals surface area contributed by atoms with E-state index >= 15 is 0 Å². The first-order valence-corrected chi connectivity index (χ1v) is 9.04. The molecule has 1 heterocycles. The molecule has 0 bridgehead atoms. The summed E-state index contributed by atoms with van der Waals surface area (Å²) in [6.45, 7) is 0. The van der Waals surface area contributed by atoms with Crippen molar-refractivity contribution in [3.63, 3.8) is 0 Å². The highest BCUT2D eigenvalue weighted by Crippen LogP contribution is 2.29. The predicted octanol–water partition coefficient (Wildman–Crippen LogP) is 2.52. The van der Waals surface area contributed by atoms with Crippen LogP contribution in [0.2, 0.25) is 0 Å². The molecule has 2 aromatic carbocycles. The van der Waals surface area contributed by atoms with E-state index in [0.29, 0.717) is 11.3 Å². The maximum absolute atomic E-state index is 12.6. The number of benzene rings is 2. The molecule has 0 aromatic heterocycles. The molecule has 3 N–H and O–H groups in total. The summed E-state index contributed by atoms with van der Waals surface area (Å²) in [6, 6.07) is 10.2. The quantitative estimate of drug-likeness (QED) is 0.481. The summed E-state index contributed by atoms with van der Waals surface area (Å²) in [5.41, 5.74) is 2.64. The summed E-state index contributed by atoms with van der Waals surface area (Å²) < 4.78 is 43.0. The van der Waals surface area contributed by atoms with Crippen molar-refractivity contribution in [1.29, 1.82) is 0 Å². The normalized spacial score (nSPS) is 16.1. The highest BCUT2D eigenvalue weighted by molar-refractivity contribution is 6.07. The number of rotatable bonds is 6. The number of halogens is 3. The Morgan fingerprint density at radius 3 is 2.61 bits per heavy atom. The smallest absolute Gasteiger partial charge is 0.416 e. The molecule has 1 aliphatic heterocycles. The molecule has 0 radical (unpaired) electrons. The van der Waals surface area contributed by atoms with E-state index in [4.69, 9.17) is 4.74 Å². The van der Waals surface area contributed by atoms with Crippen molar-refractivity contribution < 1.29 is 27.5 Å². The number of nitrogens with one attached hydrogen (secondary N) is 3. The molecule has 0 saturated heterocycles. The van der Waals surface area contributed by atoms with Gasteiger partial charge in [-0.25, -0.2) is 10.4 Å². The van der Waals surface area contributed by atoms with Crippen molar-refractivity contribution >= 4 is 29.7 Å². The molecule has 0 saturated carbocycles. The zero-order valence-corrected chi connectivity index (χ0v) is 16.2. The van der Waals surface area contributed by atoms with Crippen LogP contribution in [0.25, 0.3) is 0 Å². The number of hydrazone groups is 1. The molecule has 1 aliphatic rings. The Kier molecular flexibility index (Phi) is 6.53. The van der Waals surface area contributed by atoms with Crippen molar-refractivity contribution in [3.05, 3.63) is 59.7 Å². The highest BCUT2D eigenvalue weighted by Gasteiger charge is 2.30. The second kappa shape index (κ2) is 9.28. The molecular weight excluding hydrogens is 415 g/mol. The second-order valence-electron chi connectivity index (χ2n) is 6.42. The van der Waals surface area contributed by atoms with Gasteiger partial charge in [0.2, 0.25) is 11.9 Å². The molecule has 0 spiro atoms. The number of anilines is 1. The van der Waals surface area contributed by atoms with E-state index < -0.39 is 29.6 Å². The van der Waals surface area contributed by atoms with Crippen LogP contribution in [0, 0.1) is 0 Å². The maximum Gasteiger partial charge on any atom is 0.416 e. The minimum atomic E-state index is -4.46. The lowest BCUT2D eigenvalue weighted by atomic mass is 10.1. The number of methoxy groups -OCH3 is 1. The number of carbonyl (C=O) groups excluding carboxylic acids is 2. The topological polar surface area (TPSA) is 104 Å². The average molecular weight is 433 g/mol. The molecule has 8 nitrogen and oxygen atoms in total. The standard InChI is InChI=1S/C20H18F3N5O3/c1-31-16-5-3-2-4-12(16)11-24-28-19-26-15(18(30)27-19)10-17(29)25-14-8-6-13(7-9-14)20(21,22)23/h2-9,11,15H,10H2,1H3,(H,25,29)(H2,26,27,28,30)/b24-11+. The number of hydrogen-bond donors (Lipinski definition) is 3. The maximum atomic E-state index is 12.6. The Morgan fingerprint density at radius 1 is 1.23 bits per heavy atom. The molecule has 31 heavy (non-hydrogen) atoms. The molecule has 0 aliphatic carbocycles. The second-order valence-corrected chi connectivity index (χ2v) is 6.42. The lowest BCUT2D eigenvalue weighted by Gasteiger charge is -2.09. The van der Waals surface area contributed by atoms with E-state index in [9.17, 15) is 22.8 Å². The summed E-state index contributed by atoms with van der Waals surface area (Å²) in [5, 5.41) is 8.89. The molecule has 0 fully saturated rings. The Hall–Kier alpha value is -3.89. The number of nitrogens with zero attached hydrogens (tertiary/aromatic N) is 2. The first-order valence-electron chi connectivity index (χ1n) is 9.04. The van der Waals surface area contributed by atoms with E-state index in [1.165, 1.54) is 13.3 Å². The Balaban J connectivity index is 1.55. The third-order valence-corrected chi connectivity index (χ3v) is 4.22. The van der Waals surface area contributed by atoms with E-state index in [0.717, 1.165) is 24.3 Å². The largest absolute Gasteiger partial charge is 0.496 e. The molecule has 162 valence electrons. The summed E-state index contributed by atoms with van der Waals surface area (Å²) in [7, 11) is 1.53. The third kappa shape index (κ3) is 5.81. The van der Waals surface area contributed by atoms with Crippen molar-refractivity contribution in [2.45, 2.75) is 18.6 Å². The van der Waals surface area contributed by atoms with Crippen LogP contribution in [0.1, 0.15) is 17.5 Å². The van der Waals surface area contributed by atoms with Crippen LogP contribution in [0.5, 0.6) is 5.75 Å². The van der Waals surface area contributed by atoms with Gasteiger partial charge in [-0.3, -0.25) is 14.9 Å². The van der Waals surface area contributed by atoms with Crippen molar-refractivity contribution in [3.8, 4) is 5.75 Å². The zero-order valence-electron chi connectivity index (χ0n) is 16.2. The Bertz CT molecular complexity index is 1020. The lowest BCUT2D eigenvalue weighted by molar-refractivity contribution is -0.137. The predicted molar refractivity (Wildman–Crippen MR) is 108 cm³/mol. The van der Waals surface area contributed by atoms with Crippen LogP contribution < -0.4 is 20.8 Å². The number of aliphatic imine (C=N–C) groups is 1. The van der Waals surface area contributed by atoms with Gasteiger partial charge in [-0.05, 0) is 36.4 Å². The first kappa shape index (κ1) is 21.8. The van der Waals surface area contributed by atoms with Crippen LogP contribution in [0.15, 0.2) is 58.6 Å². The van der Waals surface area contributed by atoms with Crippen LogP contribution in [0.4, 0.5) is 18.9 Å². The van der Waals surface area contributed by atoms with Gasteiger partial charge < -0.3 is 10.1 Å². The first-order chi connectivity index (χ1) is 14.8. The van der Waals surface area contributed by atoms with Crippen molar-refractivity contribution in [2.24, 2.45) is 10.1 Å². The monoisotopic (exact) mass is 433 g/mol. The number of carbonyl (C=O) groups is 2. The van der Waals surface area contributed by atoms with Gasteiger partial charge in [0.1, 0.15) is 11.8 Å². The van der Waals surface area contributed by atoms with Gasteiger partial charge in [-0.1, -0.05) is 12.1 Å². The number of hydrogen-bond acceptors (Lipinski definition) is 6. The molecule has 11 heteroatoms. The van der Waals surface area contributed by atoms with Gasteiger partial charge in [0.05, 0.1) is 25.3 Å². The van der Waals surface area contributed by atoms with E-state index in [1.54, 1.807) is 12.1 Å². The van der Waals surface area contributed by atoms with Gasteiger partial charge in [-0.15, -0.1) is 0 Å². The molecule has 1 atom stereocenters. The van der Waals surface area contributed by atoms with Gasteiger partial charge >= 0.3 is 6.18 Å². The van der Waals surface area contributed by atoms with Crippen LogP contribution in [-0.2, 0) is 15.8 Å². The summed E-state index contributed by atoms with van der Waals surface area (Å²) >= 11 is 0. The van der Waals surface area contributed by atoms with Gasteiger partial charge in [0, 0.05) is 11.3 Å². The minimum Gasteiger partial charge on any atom is -0.496 e. The lowest BCUT2D eigenvalue weighted by Crippen LogP contribution is -2.35. The number of amides is 2. The molecule has 1 unspecified atom stereocenters. The van der Waals surface area contributed by atoms with E-state index in [-0.39, 0.29) is 18.1 Å². The Labute approximate surface area is 175 Å². The van der Waals surface area contributed by atoms with Crippen molar-refractivity contribution in [2.75, 3.05) is 12.4 Å². The highest BCUT2D eigenvalue weighted by atomic mass is 19.4.